The fraction of sp³-hybridized carbons (Fsp3) is 0.455. The van der Waals surface area contributed by atoms with Crippen molar-refractivity contribution in [3.63, 3.8) is 0 Å². The summed E-state index contributed by atoms with van der Waals surface area (Å²) in [7, 11) is 0. The second-order valence-electron chi connectivity index (χ2n) is 3.83. The monoisotopic (exact) mass is 204 g/mol. The molecule has 0 aliphatic carbocycles. The Labute approximate surface area is 89.3 Å². The molecule has 0 saturated carbocycles. The lowest BCUT2D eigenvalue weighted by atomic mass is 10.0. The summed E-state index contributed by atoms with van der Waals surface area (Å²) in [6.45, 7) is 7.15. The molecule has 0 aliphatic heterocycles. The van der Waals surface area contributed by atoms with Gasteiger partial charge in [0.1, 0.15) is 0 Å². The molecule has 80 valence electrons. The van der Waals surface area contributed by atoms with Crippen molar-refractivity contribution in [2.24, 2.45) is 0 Å². The van der Waals surface area contributed by atoms with Crippen molar-refractivity contribution in [2.75, 3.05) is 0 Å². The van der Waals surface area contributed by atoms with Crippen molar-refractivity contribution in [3.8, 4) is 0 Å². The van der Waals surface area contributed by atoms with Crippen LogP contribution < -0.4 is 0 Å². The first-order chi connectivity index (χ1) is 7.20. The molecular formula is C11H16N4. The number of H-pyrrole nitrogens is 1. The van der Waals surface area contributed by atoms with Crippen LogP contribution in [0.5, 0.6) is 0 Å². The van der Waals surface area contributed by atoms with Crippen LogP contribution in [0, 0.1) is 6.92 Å². The minimum atomic E-state index is 0.301. The number of nitrogens with one attached hydrogen (secondary N) is 1. The maximum atomic E-state index is 4.27. The van der Waals surface area contributed by atoms with E-state index >= 15 is 0 Å². The van der Waals surface area contributed by atoms with E-state index in [2.05, 4.69) is 41.4 Å². The Morgan fingerprint density at radius 2 is 2.33 bits per heavy atom. The average Bonchev–Trinajstić information content (AvgIpc) is 2.84. The van der Waals surface area contributed by atoms with Gasteiger partial charge in [-0.2, -0.15) is 10.2 Å². The Balaban J connectivity index is 2.23. The van der Waals surface area contributed by atoms with Crippen LogP contribution >= 0.6 is 0 Å². The number of aromatic nitrogens is 4. The SMILES string of the molecule is CCn1cc(C(C)c2cc(C)[nH]n2)cn1. The molecule has 0 aromatic carbocycles. The zero-order valence-corrected chi connectivity index (χ0v) is 9.36. The first kappa shape index (κ1) is 9.96. The lowest BCUT2D eigenvalue weighted by Gasteiger charge is -2.03. The molecule has 0 amide bonds. The van der Waals surface area contributed by atoms with Crippen LogP contribution in [0.4, 0.5) is 0 Å². The third-order valence-electron chi connectivity index (χ3n) is 2.65. The number of hydrogen-bond donors (Lipinski definition) is 1. The second-order valence-corrected chi connectivity index (χ2v) is 3.83. The second kappa shape index (κ2) is 3.88. The van der Waals surface area contributed by atoms with Gasteiger partial charge in [0.05, 0.1) is 11.9 Å². The highest BCUT2D eigenvalue weighted by molar-refractivity contribution is 5.24. The average molecular weight is 204 g/mol. The summed E-state index contributed by atoms with van der Waals surface area (Å²) < 4.78 is 1.94. The Kier molecular flexibility index (Phi) is 2.58. The van der Waals surface area contributed by atoms with Gasteiger partial charge >= 0.3 is 0 Å². The third-order valence-corrected chi connectivity index (χ3v) is 2.65. The van der Waals surface area contributed by atoms with Gasteiger partial charge in [-0.15, -0.1) is 0 Å². The highest BCUT2D eigenvalue weighted by Crippen LogP contribution is 2.21. The summed E-state index contributed by atoms with van der Waals surface area (Å²) in [5.41, 5.74) is 3.38. The van der Waals surface area contributed by atoms with Crippen LogP contribution in [0.3, 0.4) is 0 Å². The van der Waals surface area contributed by atoms with Crippen LogP contribution in [0.15, 0.2) is 18.5 Å². The maximum Gasteiger partial charge on any atom is 0.0697 e. The molecule has 0 radical (unpaired) electrons. The summed E-state index contributed by atoms with van der Waals surface area (Å²) >= 11 is 0. The fourth-order valence-electron chi connectivity index (χ4n) is 1.61. The summed E-state index contributed by atoms with van der Waals surface area (Å²) in [6, 6.07) is 2.08. The Morgan fingerprint density at radius 1 is 1.53 bits per heavy atom. The van der Waals surface area contributed by atoms with E-state index in [0.29, 0.717) is 5.92 Å². The molecule has 4 heteroatoms. The van der Waals surface area contributed by atoms with Crippen LogP contribution in [0.25, 0.3) is 0 Å². The predicted molar refractivity (Wildman–Crippen MR) is 58.7 cm³/mol. The smallest absolute Gasteiger partial charge is 0.0697 e. The van der Waals surface area contributed by atoms with Crippen molar-refractivity contribution in [1.82, 2.24) is 20.0 Å². The molecule has 15 heavy (non-hydrogen) atoms. The van der Waals surface area contributed by atoms with Crippen molar-refractivity contribution in [1.29, 1.82) is 0 Å². The summed E-state index contributed by atoms with van der Waals surface area (Å²) in [4.78, 5) is 0. The van der Waals surface area contributed by atoms with E-state index in [1.165, 1.54) is 5.56 Å². The number of hydrogen-bond acceptors (Lipinski definition) is 2. The molecule has 1 unspecified atom stereocenters. The molecule has 4 nitrogen and oxygen atoms in total. The van der Waals surface area contributed by atoms with E-state index in [4.69, 9.17) is 0 Å². The first-order valence-electron chi connectivity index (χ1n) is 5.25. The van der Waals surface area contributed by atoms with Crippen molar-refractivity contribution in [2.45, 2.75) is 33.2 Å². The van der Waals surface area contributed by atoms with E-state index in [9.17, 15) is 0 Å². The maximum absolute atomic E-state index is 4.27. The quantitative estimate of drug-likeness (QED) is 0.832. The van der Waals surface area contributed by atoms with Gasteiger partial charge in [0.2, 0.25) is 0 Å². The molecular weight excluding hydrogens is 188 g/mol. The molecule has 1 N–H and O–H groups in total. The van der Waals surface area contributed by atoms with Gasteiger partial charge in [0, 0.05) is 24.4 Å². The van der Waals surface area contributed by atoms with Gasteiger partial charge in [-0.1, -0.05) is 6.92 Å². The van der Waals surface area contributed by atoms with Gasteiger partial charge in [0.15, 0.2) is 0 Å². The van der Waals surface area contributed by atoms with Crippen molar-refractivity contribution < 1.29 is 0 Å². The summed E-state index contributed by atoms with van der Waals surface area (Å²) in [6.07, 6.45) is 3.99. The summed E-state index contributed by atoms with van der Waals surface area (Å²) in [5.74, 6) is 0.301. The third kappa shape index (κ3) is 1.93. The van der Waals surface area contributed by atoms with Gasteiger partial charge < -0.3 is 0 Å². The van der Waals surface area contributed by atoms with Crippen LogP contribution in [-0.2, 0) is 6.54 Å². The summed E-state index contributed by atoms with van der Waals surface area (Å²) in [5, 5.41) is 11.5. The van der Waals surface area contributed by atoms with Gasteiger partial charge in [-0.25, -0.2) is 0 Å². The molecule has 2 rings (SSSR count). The van der Waals surface area contributed by atoms with E-state index in [1.807, 2.05) is 17.8 Å². The zero-order chi connectivity index (χ0) is 10.8. The van der Waals surface area contributed by atoms with Crippen molar-refractivity contribution in [3.05, 3.63) is 35.4 Å². The van der Waals surface area contributed by atoms with Crippen molar-refractivity contribution >= 4 is 0 Å². The van der Waals surface area contributed by atoms with Crippen LogP contribution in [0.2, 0.25) is 0 Å². The normalized spacial score (nSPS) is 13.0. The Bertz CT molecular complexity index is 441. The number of rotatable bonds is 3. The van der Waals surface area contributed by atoms with E-state index in [0.717, 1.165) is 17.9 Å². The predicted octanol–water partition coefficient (Wildman–Crippen LogP) is 2.09. The molecule has 0 spiro atoms. The highest BCUT2D eigenvalue weighted by Gasteiger charge is 2.12. The number of aryl methyl sites for hydroxylation is 2. The topological polar surface area (TPSA) is 46.5 Å². The molecule has 0 fully saturated rings. The highest BCUT2D eigenvalue weighted by atomic mass is 15.3. The standard InChI is InChI=1S/C11H16N4/c1-4-15-7-10(6-12-15)9(3)11-5-8(2)13-14-11/h5-7,9H,4H2,1-3H3,(H,13,14). The lowest BCUT2D eigenvalue weighted by Crippen LogP contribution is -1.96. The van der Waals surface area contributed by atoms with E-state index in [1.54, 1.807) is 0 Å². The largest absolute Gasteiger partial charge is 0.283 e. The Hall–Kier alpha value is -1.58. The molecule has 2 aromatic rings. The fourth-order valence-corrected chi connectivity index (χ4v) is 1.61. The molecule has 2 aromatic heterocycles. The van der Waals surface area contributed by atoms with Gasteiger partial charge in [-0.3, -0.25) is 9.78 Å². The zero-order valence-electron chi connectivity index (χ0n) is 9.36. The molecule has 2 heterocycles. The molecule has 0 aliphatic rings. The van der Waals surface area contributed by atoms with Crippen LogP contribution in [-0.4, -0.2) is 20.0 Å². The van der Waals surface area contributed by atoms with E-state index in [-0.39, 0.29) is 0 Å². The van der Waals surface area contributed by atoms with E-state index < -0.39 is 0 Å². The van der Waals surface area contributed by atoms with Gasteiger partial charge in [0.25, 0.3) is 0 Å². The minimum Gasteiger partial charge on any atom is -0.283 e. The number of aromatic amines is 1. The van der Waals surface area contributed by atoms with Gasteiger partial charge in [-0.05, 0) is 25.5 Å². The Morgan fingerprint density at radius 3 is 2.87 bits per heavy atom. The molecule has 0 saturated heterocycles. The van der Waals surface area contributed by atoms with Crippen LogP contribution in [0.1, 0.15) is 36.7 Å². The first-order valence-corrected chi connectivity index (χ1v) is 5.25. The molecule has 1 atom stereocenters. The lowest BCUT2D eigenvalue weighted by molar-refractivity contribution is 0.658. The number of nitrogens with zero attached hydrogens (tertiary/aromatic N) is 3. The molecule has 0 bridgehead atoms. The minimum absolute atomic E-state index is 0.301.